The zero-order chi connectivity index (χ0) is 37.2. The summed E-state index contributed by atoms with van der Waals surface area (Å²) in [5, 5.41) is 14.8. The van der Waals surface area contributed by atoms with E-state index in [0.29, 0.717) is 43.3 Å². The Hall–Kier alpha value is -4.54. The largest absolute Gasteiger partial charge is 0.483 e. The topological polar surface area (TPSA) is 206 Å². The number of pyridine rings is 2. The van der Waals surface area contributed by atoms with Crippen LogP contribution < -0.4 is 24.8 Å². The third kappa shape index (κ3) is 6.30. The molecule has 2 aromatic heterocycles. The smallest absolute Gasteiger partial charge is 0.405 e. The predicted molar refractivity (Wildman–Crippen MR) is 184 cm³/mol. The summed E-state index contributed by atoms with van der Waals surface area (Å²) in [6, 6.07) is 0.755. The lowest BCUT2D eigenvalue weighted by molar-refractivity contribution is -0.141. The molecule has 5 aliphatic rings. The molecule has 52 heavy (non-hydrogen) atoms. The van der Waals surface area contributed by atoms with E-state index in [9.17, 15) is 32.7 Å². The molecule has 2 saturated carbocycles. The van der Waals surface area contributed by atoms with Crippen molar-refractivity contribution in [2.24, 2.45) is 5.92 Å². The number of rotatable bonds is 5. The van der Waals surface area contributed by atoms with Crippen LogP contribution in [0.3, 0.4) is 0 Å². The molecule has 4 N–H and O–H groups in total. The number of aryl methyl sites for hydroxylation is 1. The first kappa shape index (κ1) is 35.8. The SMILES string of the molecule is COc1ccc2nc(C)c3c(c2n1)[C@H](F)C[C@]1(C[C@H]2C(=O)N[C@]4(C(=O)NS(=O)(=O)C5(C)CC5)C[C@H]4/C=C\CCCCC[C@H](NC(=O)O)C(=O)N2C1)O3. The zero-order valence-corrected chi connectivity index (χ0v) is 30.1. The number of methoxy groups -OCH3 is 1. The number of halogens is 1. The first-order valence-electron chi connectivity index (χ1n) is 17.6. The molecule has 0 radical (unpaired) electrons. The van der Waals surface area contributed by atoms with Crippen LogP contribution in [0.25, 0.3) is 11.0 Å². The normalized spacial score (nSPS) is 31.8. The van der Waals surface area contributed by atoms with Gasteiger partial charge in [-0.1, -0.05) is 25.0 Å². The van der Waals surface area contributed by atoms with E-state index in [1.807, 2.05) is 6.08 Å². The molecule has 15 nitrogen and oxygen atoms in total. The number of alkyl halides is 1. The number of ether oxygens (including phenoxy) is 2. The van der Waals surface area contributed by atoms with Gasteiger partial charge in [0.05, 0.1) is 35.2 Å². The Kier molecular flexibility index (Phi) is 8.85. The molecule has 0 bridgehead atoms. The highest BCUT2D eigenvalue weighted by Gasteiger charge is 2.64. The zero-order valence-electron chi connectivity index (χ0n) is 29.2. The highest BCUT2D eigenvalue weighted by Crippen LogP contribution is 2.51. The van der Waals surface area contributed by atoms with E-state index < -0.39 is 73.9 Å². The maximum Gasteiger partial charge on any atom is 0.405 e. The summed E-state index contributed by atoms with van der Waals surface area (Å²) < 4.78 is 55.7. The van der Waals surface area contributed by atoms with Crippen molar-refractivity contribution in [1.29, 1.82) is 0 Å². The number of aromatic nitrogens is 2. The van der Waals surface area contributed by atoms with Gasteiger partial charge < -0.3 is 30.1 Å². The van der Waals surface area contributed by atoms with Gasteiger partial charge in [0.2, 0.25) is 27.7 Å². The third-order valence-electron chi connectivity index (χ3n) is 11.3. The van der Waals surface area contributed by atoms with E-state index in [0.717, 1.165) is 6.42 Å². The van der Waals surface area contributed by atoms with Gasteiger partial charge in [0.15, 0.2) is 0 Å². The molecule has 5 heterocycles. The fourth-order valence-corrected chi connectivity index (χ4v) is 9.14. The van der Waals surface area contributed by atoms with E-state index in [1.54, 1.807) is 32.1 Å². The molecule has 280 valence electrons. The Bertz CT molecular complexity index is 1990. The van der Waals surface area contributed by atoms with Crippen molar-refractivity contribution in [2.45, 2.75) is 112 Å². The summed E-state index contributed by atoms with van der Waals surface area (Å²) in [7, 11) is -2.60. The summed E-state index contributed by atoms with van der Waals surface area (Å²) in [5.41, 5.74) is -1.82. The summed E-state index contributed by atoms with van der Waals surface area (Å²) in [6.45, 7) is 2.95. The number of fused-ring (bicyclic) bond motifs is 5. The van der Waals surface area contributed by atoms with Crippen LogP contribution in [0.5, 0.6) is 11.6 Å². The van der Waals surface area contributed by atoms with Gasteiger partial charge in [-0.05, 0) is 58.4 Å². The van der Waals surface area contributed by atoms with Crippen molar-refractivity contribution in [3.05, 3.63) is 35.5 Å². The van der Waals surface area contributed by atoms with Gasteiger partial charge >= 0.3 is 6.09 Å². The van der Waals surface area contributed by atoms with Crippen molar-refractivity contribution in [2.75, 3.05) is 13.7 Å². The number of sulfonamides is 1. The highest BCUT2D eigenvalue weighted by molar-refractivity contribution is 7.91. The molecule has 4 amide bonds. The molecule has 2 aliphatic carbocycles. The van der Waals surface area contributed by atoms with Gasteiger partial charge in [-0.3, -0.25) is 19.1 Å². The summed E-state index contributed by atoms with van der Waals surface area (Å²) in [6.07, 6.45) is 3.80. The standard InChI is InChI=1S/C35H43FN6O9S/c1-19-28-26(27-22(37-19)11-12-25(39-27)50-3)21(36)16-34(51-28)17-24-29(43)40-35(31(45)41-52(48,49)33(2)13-14-33)15-20(35)9-7-5-4-6-8-10-23(38-32(46)47)30(44)42(24)18-34/h7,9,11-12,20-21,23-24,38H,4-6,8,10,13-18H2,1-3H3,(H,40,43)(H,41,45)(H,46,47)/b9-7-/t20-,21-,23+,24+,34-,35-/m1/s1. The quantitative estimate of drug-likeness (QED) is 0.328. The van der Waals surface area contributed by atoms with Gasteiger partial charge in [-0.25, -0.2) is 27.6 Å². The monoisotopic (exact) mass is 742 g/mol. The molecule has 17 heteroatoms. The van der Waals surface area contributed by atoms with E-state index in [2.05, 4.69) is 25.3 Å². The maximum absolute atomic E-state index is 16.6. The van der Waals surface area contributed by atoms with Gasteiger partial charge in [-0.15, -0.1) is 0 Å². The Labute approximate surface area is 300 Å². The molecule has 2 aromatic rings. The molecule has 1 saturated heterocycles. The second kappa shape index (κ2) is 12.8. The first-order valence-corrected chi connectivity index (χ1v) is 19.1. The van der Waals surface area contributed by atoms with Crippen molar-refractivity contribution < 1.29 is 46.6 Å². The minimum Gasteiger partial charge on any atom is -0.483 e. The number of amides is 4. The number of allylic oxidation sites excluding steroid dienone is 1. The Morgan fingerprint density at radius 2 is 1.90 bits per heavy atom. The lowest BCUT2D eigenvalue weighted by Gasteiger charge is -2.38. The number of carbonyl (C=O) groups is 4. The molecular formula is C35H43FN6O9S. The average Bonchev–Trinajstić information content (AvgIpc) is 3.98. The molecule has 6 atom stereocenters. The number of carbonyl (C=O) groups excluding carboxylic acids is 3. The molecule has 0 aromatic carbocycles. The summed E-state index contributed by atoms with van der Waals surface area (Å²) in [4.78, 5) is 64.6. The predicted octanol–water partition coefficient (Wildman–Crippen LogP) is 3.11. The highest BCUT2D eigenvalue weighted by atomic mass is 32.2. The van der Waals surface area contributed by atoms with Crippen LogP contribution in [0, 0.1) is 12.8 Å². The first-order chi connectivity index (χ1) is 24.6. The number of hydrogen-bond acceptors (Lipinski definition) is 10. The van der Waals surface area contributed by atoms with Gasteiger partial charge in [0, 0.05) is 24.8 Å². The van der Waals surface area contributed by atoms with Crippen molar-refractivity contribution in [1.82, 2.24) is 30.2 Å². The Morgan fingerprint density at radius 3 is 2.62 bits per heavy atom. The van der Waals surface area contributed by atoms with Crippen LogP contribution in [-0.4, -0.2) is 93.8 Å². The van der Waals surface area contributed by atoms with Crippen LogP contribution in [-0.2, 0) is 24.4 Å². The van der Waals surface area contributed by atoms with Crippen LogP contribution in [0.4, 0.5) is 9.18 Å². The van der Waals surface area contributed by atoms with Gasteiger partial charge in [0.25, 0.3) is 5.91 Å². The lowest BCUT2D eigenvalue weighted by Crippen LogP contribution is -2.58. The maximum atomic E-state index is 16.6. The molecule has 3 aliphatic heterocycles. The van der Waals surface area contributed by atoms with Crippen LogP contribution in [0.2, 0.25) is 0 Å². The van der Waals surface area contributed by atoms with Crippen molar-refractivity contribution >= 4 is 44.9 Å². The van der Waals surface area contributed by atoms with Crippen LogP contribution in [0.15, 0.2) is 24.3 Å². The van der Waals surface area contributed by atoms with Gasteiger partial charge in [0.1, 0.15) is 40.7 Å². The van der Waals surface area contributed by atoms with E-state index in [-0.39, 0.29) is 54.9 Å². The minimum atomic E-state index is -4.04. The third-order valence-corrected chi connectivity index (χ3v) is 13.4. The number of nitrogens with one attached hydrogen (secondary N) is 3. The fourth-order valence-electron chi connectivity index (χ4n) is 7.83. The average molecular weight is 743 g/mol. The number of carboxylic acid groups (broad SMARTS) is 1. The summed E-state index contributed by atoms with van der Waals surface area (Å²) >= 11 is 0. The lowest BCUT2D eigenvalue weighted by atomic mass is 9.86. The van der Waals surface area contributed by atoms with Crippen LogP contribution in [0.1, 0.15) is 88.6 Å². The summed E-state index contributed by atoms with van der Waals surface area (Å²) in [5.74, 6) is -2.45. The molecule has 3 fully saturated rings. The van der Waals surface area contributed by atoms with E-state index >= 15 is 4.39 Å². The molecule has 7 rings (SSSR count). The second-order valence-corrected chi connectivity index (χ2v) is 17.2. The van der Waals surface area contributed by atoms with Crippen molar-refractivity contribution in [3.63, 3.8) is 0 Å². The fraction of sp³-hybridized carbons (Fsp3) is 0.600. The Morgan fingerprint density at radius 1 is 1.13 bits per heavy atom. The van der Waals surface area contributed by atoms with Gasteiger partial charge in [-0.2, -0.15) is 0 Å². The molecule has 0 unspecified atom stereocenters. The molecular weight excluding hydrogens is 699 g/mol. The number of nitrogens with zero attached hydrogens (tertiary/aromatic N) is 3. The minimum absolute atomic E-state index is 0.129. The second-order valence-electron chi connectivity index (χ2n) is 15.0. The molecule has 1 spiro atoms. The Balaban J connectivity index is 1.25. The van der Waals surface area contributed by atoms with E-state index in [4.69, 9.17) is 9.47 Å². The van der Waals surface area contributed by atoms with E-state index in [1.165, 1.54) is 12.0 Å². The van der Waals surface area contributed by atoms with Crippen molar-refractivity contribution in [3.8, 4) is 11.6 Å². The number of hydrogen-bond donors (Lipinski definition) is 4. The van der Waals surface area contributed by atoms with Crippen LogP contribution >= 0.6 is 0 Å².